The van der Waals surface area contributed by atoms with Gasteiger partial charge in [0.05, 0.1) is 13.1 Å². The maximum Gasteiger partial charge on any atom is 0.375 e. The number of nitrogens with zero attached hydrogens (tertiary/aromatic N) is 2. The summed E-state index contributed by atoms with van der Waals surface area (Å²) < 4.78 is -0.812. The van der Waals surface area contributed by atoms with E-state index >= 15 is 0 Å². The first-order valence-electron chi connectivity index (χ1n) is 3.95. The van der Waals surface area contributed by atoms with Crippen LogP contribution in [0.4, 0.5) is 0 Å². The molecule has 1 N–H and O–H groups in total. The summed E-state index contributed by atoms with van der Waals surface area (Å²) in [5, 5.41) is 16.7. The molecule has 1 aliphatic heterocycles. The number of hydrogen-bond donors (Lipinski definition) is 1. The molecule has 0 saturated carbocycles. The van der Waals surface area contributed by atoms with E-state index in [0.717, 1.165) is 0 Å². The molecule has 1 aromatic heterocycles. The average molecular weight is 199 g/mol. The van der Waals surface area contributed by atoms with Gasteiger partial charge in [-0.1, -0.05) is 0 Å². The number of carbonyl (C=O) groups is 1. The van der Waals surface area contributed by atoms with Crippen molar-refractivity contribution in [3.63, 3.8) is 0 Å². The van der Waals surface area contributed by atoms with Crippen LogP contribution in [0.3, 0.4) is 0 Å². The summed E-state index contributed by atoms with van der Waals surface area (Å²) in [6.07, 6.45) is 1.54. The van der Waals surface area contributed by atoms with E-state index < -0.39 is 10.6 Å². The van der Waals surface area contributed by atoms with Crippen LogP contribution in [0, 0.1) is 5.21 Å². The van der Waals surface area contributed by atoms with E-state index in [2.05, 4.69) is 10.3 Å². The minimum absolute atomic E-state index is 0.165. The molecule has 0 bridgehead atoms. The minimum atomic E-state index is -0.812. The third kappa shape index (κ3) is 1.49. The molecule has 5 nitrogen and oxygen atoms in total. The number of amides is 1. The molecule has 70 valence electrons. The number of hydroxylamine groups is 3. The van der Waals surface area contributed by atoms with Crippen LogP contribution in [0.1, 0.15) is 9.80 Å². The number of nitrogens with one attached hydrogen (secondary N) is 1. The number of aromatic nitrogens is 1. The maximum absolute atomic E-state index is 11.8. The van der Waals surface area contributed by atoms with Gasteiger partial charge in [-0.3, -0.25) is 9.96 Å². The standard InChI is InChI=1S/C7H9N3O2S/c11-7(6-9-2-4-13-6)10(12)3-1-8-5-10/h2,4,8H,1,3,5H2. The monoisotopic (exact) mass is 199 g/mol. The number of quaternary nitrogens is 1. The van der Waals surface area contributed by atoms with E-state index in [-0.39, 0.29) is 6.67 Å². The molecule has 0 spiro atoms. The Bertz CT molecular complexity index is 306. The van der Waals surface area contributed by atoms with Gasteiger partial charge in [0.25, 0.3) is 0 Å². The maximum atomic E-state index is 11.8. The summed E-state index contributed by atoms with van der Waals surface area (Å²) in [5.74, 6) is -0.431. The van der Waals surface area contributed by atoms with Gasteiger partial charge in [0.2, 0.25) is 5.01 Å². The molecule has 1 amide bonds. The van der Waals surface area contributed by atoms with Crippen molar-refractivity contribution in [3.8, 4) is 0 Å². The van der Waals surface area contributed by atoms with Crippen LogP contribution in [0.5, 0.6) is 0 Å². The fraction of sp³-hybridized carbons (Fsp3) is 0.429. The van der Waals surface area contributed by atoms with Gasteiger partial charge in [-0.25, -0.2) is 9.78 Å². The summed E-state index contributed by atoms with van der Waals surface area (Å²) in [5.41, 5.74) is 0. The van der Waals surface area contributed by atoms with E-state index in [1.165, 1.54) is 17.5 Å². The molecule has 13 heavy (non-hydrogen) atoms. The van der Waals surface area contributed by atoms with Crippen LogP contribution < -0.4 is 5.32 Å². The Balaban J connectivity index is 2.21. The number of carbonyl (C=O) groups excluding carboxylic acids is 1. The third-order valence-corrected chi connectivity index (χ3v) is 2.76. The quantitative estimate of drug-likeness (QED) is 0.517. The van der Waals surface area contributed by atoms with Crippen LogP contribution >= 0.6 is 11.3 Å². The SMILES string of the molecule is O=C(c1nccs1)[N+]1([O-])CCNC1. The number of hydrogen-bond acceptors (Lipinski definition) is 5. The second kappa shape index (κ2) is 3.15. The predicted molar refractivity (Wildman–Crippen MR) is 47.8 cm³/mol. The Labute approximate surface area is 79.2 Å². The van der Waals surface area contributed by atoms with Crippen LogP contribution in [-0.4, -0.2) is 35.3 Å². The van der Waals surface area contributed by atoms with E-state index in [4.69, 9.17) is 0 Å². The van der Waals surface area contributed by atoms with Crippen LogP contribution in [0.15, 0.2) is 11.6 Å². The van der Waals surface area contributed by atoms with Crippen molar-refractivity contribution in [3.05, 3.63) is 21.8 Å². The fourth-order valence-corrected chi connectivity index (χ4v) is 1.91. The lowest BCUT2D eigenvalue weighted by molar-refractivity contribution is -0.784. The first-order chi connectivity index (χ1) is 6.22. The lowest BCUT2D eigenvalue weighted by atomic mass is 10.5. The molecule has 6 heteroatoms. The van der Waals surface area contributed by atoms with Gasteiger partial charge in [-0.05, 0) is 0 Å². The summed E-state index contributed by atoms with van der Waals surface area (Å²) in [4.78, 5) is 15.4. The van der Waals surface area contributed by atoms with Crippen LogP contribution in [0.25, 0.3) is 0 Å². The van der Waals surface area contributed by atoms with Gasteiger partial charge in [0.15, 0.2) is 0 Å². The third-order valence-electron chi connectivity index (χ3n) is 2.00. The predicted octanol–water partition coefficient (Wildman–Crippen LogP) is 0.159. The van der Waals surface area contributed by atoms with Crippen molar-refractivity contribution < 1.29 is 9.44 Å². The molecule has 2 rings (SSSR count). The first-order valence-corrected chi connectivity index (χ1v) is 4.83. The molecule has 0 aliphatic carbocycles. The summed E-state index contributed by atoms with van der Waals surface area (Å²) in [6, 6.07) is 0. The van der Waals surface area contributed by atoms with E-state index in [0.29, 0.717) is 18.1 Å². The highest BCUT2D eigenvalue weighted by atomic mass is 32.1. The summed E-state index contributed by atoms with van der Waals surface area (Å²) in [7, 11) is 0. The highest BCUT2D eigenvalue weighted by Crippen LogP contribution is 2.16. The van der Waals surface area contributed by atoms with E-state index in [9.17, 15) is 10.0 Å². The van der Waals surface area contributed by atoms with Gasteiger partial charge in [-0.15, -0.1) is 11.3 Å². The molecule has 1 atom stereocenters. The van der Waals surface area contributed by atoms with Crippen molar-refractivity contribution in [1.82, 2.24) is 10.3 Å². The van der Waals surface area contributed by atoms with Crippen molar-refractivity contribution in [1.29, 1.82) is 0 Å². The molecule has 1 saturated heterocycles. The topological polar surface area (TPSA) is 65.0 Å². The van der Waals surface area contributed by atoms with Crippen molar-refractivity contribution in [2.24, 2.45) is 0 Å². The van der Waals surface area contributed by atoms with Gasteiger partial charge in [0, 0.05) is 11.6 Å². The van der Waals surface area contributed by atoms with Crippen LogP contribution in [0.2, 0.25) is 0 Å². The molecular weight excluding hydrogens is 190 g/mol. The fourth-order valence-electron chi connectivity index (χ4n) is 1.28. The highest BCUT2D eigenvalue weighted by Gasteiger charge is 2.33. The lowest BCUT2D eigenvalue weighted by Gasteiger charge is -2.32. The number of thiazole rings is 1. The van der Waals surface area contributed by atoms with Crippen molar-refractivity contribution >= 4 is 17.2 Å². The molecule has 1 unspecified atom stereocenters. The Morgan fingerprint density at radius 2 is 2.62 bits per heavy atom. The van der Waals surface area contributed by atoms with Gasteiger partial charge < -0.3 is 5.21 Å². The molecule has 1 aliphatic rings. The van der Waals surface area contributed by atoms with Gasteiger partial charge in [0.1, 0.15) is 6.67 Å². The largest absolute Gasteiger partial charge is 0.624 e. The Kier molecular flexibility index (Phi) is 2.12. The van der Waals surface area contributed by atoms with Crippen molar-refractivity contribution in [2.75, 3.05) is 19.8 Å². The summed E-state index contributed by atoms with van der Waals surface area (Å²) in [6.45, 7) is 1.07. The second-order valence-corrected chi connectivity index (χ2v) is 3.81. The number of rotatable bonds is 1. The molecule has 1 fully saturated rings. The zero-order valence-corrected chi connectivity index (χ0v) is 7.71. The lowest BCUT2D eigenvalue weighted by Crippen LogP contribution is -2.46. The molecular formula is C7H9N3O2S. The van der Waals surface area contributed by atoms with Gasteiger partial charge >= 0.3 is 5.91 Å². The smallest absolute Gasteiger partial charge is 0.375 e. The molecule has 0 radical (unpaired) electrons. The van der Waals surface area contributed by atoms with Gasteiger partial charge in [-0.2, -0.15) is 0 Å². The Morgan fingerprint density at radius 3 is 3.15 bits per heavy atom. The normalized spacial score (nSPS) is 27.8. The zero-order valence-electron chi connectivity index (χ0n) is 6.90. The molecule has 0 aromatic carbocycles. The first kappa shape index (κ1) is 8.76. The Hall–Kier alpha value is -0.820. The zero-order chi connectivity index (χ0) is 9.31. The van der Waals surface area contributed by atoms with E-state index in [1.54, 1.807) is 5.38 Å². The van der Waals surface area contributed by atoms with Crippen LogP contribution in [-0.2, 0) is 0 Å². The average Bonchev–Trinajstić information content (AvgIpc) is 2.73. The second-order valence-electron chi connectivity index (χ2n) is 2.91. The molecule has 2 heterocycles. The Morgan fingerprint density at radius 1 is 1.77 bits per heavy atom. The van der Waals surface area contributed by atoms with E-state index in [1.807, 2.05) is 0 Å². The minimum Gasteiger partial charge on any atom is -0.624 e. The molecule has 1 aromatic rings. The van der Waals surface area contributed by atoms with Crippen molar-refractivity contribution in [2.45, 2.75) is 0 Å². The highest BCUT2D eigenvalue weighted by molar-refractivity contribution is 7.11. The summed E-state index contributed by atoms with van der Waals surface area (Å²) >= 11 is 1.21.